The van der Waals surface area contributed by atoms with Crippen molar-refractivity contribution in [3.05, 3.63) is 0 Å². The minimum Gasteiger partial charge on any atom is -1.00 e. The number of hydrogen-bond acceptors (Lipinski definition) is 1. The molecule has 0 rings (SSSR count). The van der Waals surface area contributed by atoms with Gasteiger partial charge in [-0.3, -0.25) is 0 Å². The Morgan fingerprint density at radius 1 is 1.33 bits per heavy atom. The number of hydrogen-bond donors (Lipinski definition) is 1. The van der Waals surface area contributed by atoms with Gasteiger partial charge in [0.05, 0.1) is 0 Å². The largest absolute Gasteiger partial charge is 1.00 e. The van der Waals surface area contributed by atoms with Crippen molar-refractivity contribution in [2.45, 2.75) is 19.6 Å². The van der Waals surface area contributed by atoms with Gasteiger partial charge < -0.3 is 6.22 Å². The second-order valence-corrected chi connectivity index (χ2v) is 6.51. The fraction of sp³-hybridized carbons (Fsp3) is 1.00. The SMILES string of the molecule is C[Si](C)(C)O.[H-].[K+]. The van der Waals surface area contributed by atoms with Crippen LogP contribution in [-0.4, -0.2) is 13.1 Å². The van der Waals surface area contributed by atoms with Crippen LogP contribution in [0.4, 0.5) is 0 Å². The van der Waals surface area contributed by atoms with E-state index in [0.29, 0.717) is 0 Å². The van der Waals surface area contributed by atoms with Crippen LogP contribution in [0.3, 0.4) is 0 Å². The Morgan fingerprint density at radius 3 is 1.33 bits per heavy atom. The first-order valence-electron chi connectivity index (χ1n) is 1.72. The Hall–Kier alpha value is 1.81. The third-order valence-electron chi connectivity index (χ3n) is 0. The van der Waals surface area contributed by atoms with Crippen molar-refractivity contribution in [2.75, 3.05) is 0 Å². The summed E-state index contributed by atoms with van der Waals surface area (Å²) in [5.74, 6) is 0. The molecule has 0 aliphatic heterocycles. The molecule has 0 aliphatic rings. The van der Waals surface area contributed by atoms with Gasteiger partial charge in [-0.2, -0.15) is 0 Å². The van der Waals surface area contributed by atoms with Crippen LogP contribution in [0.1, 0.15) is 1.43 Å². The van der Waals surface area contributed by atoms with E-state index in [1.54, 1.807) is 0 Å². The maximum atomic E-state index is 8.66. The van der Waals surface area contributed by atoms with Gasteiger partial charge in [0.2, 0.25) is 0 Å². The summed E-state index contributed by atoms with van der Waals surface area (Å²) in [6.45, 7) is 5.65. The van der Waals surface area contributed by atoms with Gasteiger partial charge in [0.1, 0.15) is 0 Å². The van der Waals surface area contributed by atoms with Crippen LogP contribution < -0.4 is 51.4 Å². The van der Waals surface area contributed by atoms with E-state index in [2.05, 4.69) is 0 Å². The molecule has 0 radical (unpaired) electrons. The maximum Gasteiger partial charge on any atom is 1.00 e. The zero-order valence-electron chi connectivity index (χ0n) is 5.95. The smallest absolute Gasteiger partial charge is 1.00 e. The Labute approximate surface area is 84.2 Å². The summed E-state index contributed by atoms with van der Waals surface area (Å²) in [5, 5.41) is 0. The third kappa shape index (κ3) is 41.0. The van der Waals surface area contributed by atoms with Crippen molar-refractivity contribution < 1.29 is 57.6 Å². The van der Waals surface area contributed by atoms with E-state index in [9.17, 15) is 0 Å². The molecule has 1 N–H and O–H groups in total. The van der Waals surface area contributed by atoms with Gasteiger partial charge in [0, 0.05) is 0 Å². The molecule has 0 bridgehead atoms. The standard InChI is InChI=1S/C3H10OSi.K.H/c1-5(2,3)4;;/h4H,1-3H3;;/q;+1;-1. The fourth-order valence-electron chi connectivity index (χ4n) is 0. The zero-order valence-corrected chi connectivity index (χ0v) is 9.07. The molecule has 0 aromatic heterocycles. The van der Waals surface area contributed by atoms with Crippen molar-refractivity contribution >= 4 is 8.32 Å². The van der Waals surface area contributed by atoms with Crippen molar-refractivity contribution in [1.82, 2.24) is 0 Å². The van der Waals surface area contributed by atoms with E-state index >= 15 is 0 Å². The molecule has 0 saturated heterocycles. The Bertz CT molecular complexity index is 30.4. The van der Waals surface area contributed by atoms with E-state index in [4.69, 9.17) is 4.80 Å². The maximum absolute atomic E-state index is 8.66. The van der Waals surface area contributed by atoms with E-state index < -0.39 is 8.32 Å². The molecule has 1 nitrogen and oxygen atoms in total. The molecule has 0 saturated carbocycles. The van der Waals surface area contributed by atoms with Gasteiger partial charge in [-0.1, -0.05) is 0 Å². The summed E-state index contributed by atoms with van der Waals surface area (Å²) in [4.78, 5) is 8.66. The van der Waals surface area contributed by atoms with Crippen LogP contribution >= 0.6 is 0 Å². The van der Waals surface area contributed by atoms with E-state index in [1.807, 2.05) is 19.6 Å². The van der Waals surface area contributed by atoms with Crippen molar-refractivity contribution in [1.29, 1.82) is 0 Å². The Kier molecular flexibility index (Phi) is 6.75. The van der Waals surface area contributed by atoms with Gasteiger partial charge in [-0.05, 0) is 19.6 Å². The first-order chi connectivity index (χ1) is 2.00. The normalized spacial score (nSPS) is 10.0. The van der Waals surface area contributed by atoms with Crippen LogP contribution in [0.5, 0.6) is 0 Å². The average molecular weight is 130 g/mol. The summed E-state index contributed by atoms with van der Waals surface area (Å²) in [6.07, 6.45) is 0. The monoisotopic (exact) mass is 130 g/mol. The first-order valence-corrected chi connectivity index (χ1v) is 5.17. The molecular weight excluding hydrogens is 119 g/mol. The Balaban J connectivity index is -0.0000000800. The van der Waals surface area contributed by atoms with E-state index in [1.165, 1.54) is 0 Å². The van der Waals surface area contributed by atoms with E-state index in [-0.39, 0.29) is 52.8 Å². The second kappa shape index (κ2) is 3.77. The average Bonchev–Trinajstić information content (AvgIpc) is 0.722. The van der Waals surface area contributed by atoms with Gasteiger partial charge in [0.15, 0.2) is 8.32 Å². The predicted octanol–water partition coefficient (Wildman–Crippen LogP) is -2.07. The van der Waals surface area contributed by atoms with Crippen molar-refractivity contribution in [2.24, 2.45) is 0 Å². The minimum absolute atomic E-state index is 0. The van der Waals surface area contributed by atoms with Crippen LogP contribution in [-0.2, 0) is 0 Å². The summed E-state index contributed by atoms with van der Waals surface area (Å²) in [5.41, 5.74) is 0. The predicted molar refractivity (Wildman–Crippen MR) is 26.7 cm³/mol. The molecule has 0 fully saturated rings. The van der Waals surface area contributed by atoms with Gasteiger partial charge in [-0.15, -0.1) is 0 Å². The molecule has 3 heteroatoms. The first kappa shape index (κ1) is 10.7. The minimum atomic E-state index is -1.61. The van der Waals surface area contributed by atoms with Crippen LogP contribution in [0, 0.1) is 0 Å². The molecule has 0 aromatic carbocycles. The molecule has 0 unspecified atom stereocenters. The molecule has 34 valence electrons. The molecule has 0 spiro atoms. The topological polar surface area (TPSA) is 20.2 Å². The molecule has 0 heterocycles. The van der Waals surface area contributed by atoms with Gasteiger partial charge in [0.25, 0.3) is 0 Å². The van der Waals surface area contributed by atoms with Crippen molar-refractivity contribution in [3.8, 4) is 0 Å². The third-order valence-corrected chi connectivity index (χ3v) is 0. The molecular formula is C3H11KOSi. The second-order valence-electron chi connectivity index (χ2n) is 2.17. The summed E-state index contributed by atoms with van der Waals surface area (Å²) in [6, 6.07) is 0. The quantitative estimate of drug-likeness (QED) is 0.374. The molecule has 0 aliphatic carbocycles. The fourth-order valence-corrected chi connectivity index (χ4v) is 0. The summed E-state index contributed by atoms with van der Waals surface area (Å²) < 4.78 is 0. The zero-order chi connectivity index (χ0) is 4.50. The van der Waals surface area contributed by atoms with Crippen LogP contribution in [0.2, 0.25) is 19.6 Å². The van der Waals surface area contributed by atoms with Gasteiger partial charge in [-0.25, -0.2) is 0 Å². The van der Waals surface area contributed by atoms with Crippen molar-refractivity contribution in [3.63, 3.8) is 0 Å². The van der Waals surface area contributed by atoms with E-state index in [0.717, 1.165) is 0 Å². The summed E-state index contributed by atoms with van der Waals surface area (Å²) >= 11 is 0. The molecule has 6 heavy (non-hydrogen) atoms. The molecule has 0 amide bonds. The molecule has 0 aromatic rings. The van der Waals surface area contributed by atoms with Crippen LogP contribution in [0.15, 0.2) is 0 Å². The Morgan fingerprint density at radius 2 is 1.33 bits per heavy atom. The molecule has 0 atom stereocenters. The van der Waals surface area contributed by atoms with Crippen LogP contribution in [0.25, 0.3) is 0 Å². The van der Waals surface area contributed by atoms with Gasteiger partial charge >= 0.3 is 51.4 Å². The summed E-state index contributed by atoms with van der Waals surface area (Å²) in [7, 11) is -1.61. The number of rotatable bonds is 0.